The summed E-state index contributed by atoms with van der Waals surface area (Å²) in [5, 5.41) is 2.79. The predicted octanol–water partition coefficient (Wildman–Crippen LogP) is 6.41. The van der Waals surface area contributed by atoms with Crippen LogP contribution in [0.1, 0.15) is 49.8 Å². The molecule has 2 aromatic carbocycles. The summed E-state index contributed by atoms with van der Waals surface area (Å²) in [5.41, 5.74) is 8.41. The highest BCUT2D eigenvalue weighted by atomic mass is 16.1. The molecule has 2 aliphatic rings. The van der Waals surface area contributed by atoms with Crippen molar-refractivity contribution in [2.24, 2.45) is 5.92 Å². The van der Waals surface area contributed by atoms with Crippen LogP contribution in [-0.2, 0) is 17.6 Å². The van der Waals surface area contributed by atoms with Crippen LogP contribution in [0.2, 0.25) is 0 Å². The fourth-order valence-electron chi connectivity index (χ4n) is 3.87. The maximum absolute atomic E-state index is 11.0. The van der Waals surface area contributed by atoms with Crippen LogP contribution in [0.25, 0.3) is 0 Å². The van der Waals surface area contributed by atoms with Crippen LogP contribution in [0, 0.1) is 12.8 Å². The van der Waals surface area contributed by atoms with E-state index in [1.54, 1.807) is 16.7 Å². The summed E-state index contributed by atoms with van der Waals surface area (Å²) in [6.07, 6.45) is 10.2. The zero-order valence-electron chi connectivity index (χ0n) is 17.3. The van der Waals surface area contributed by atoms with E-state index in [9.17, 15) is 4.79 Å². The number of amides is 1. The van der Waals surface area contributed by atoms with Crippen LogP contribution in [0.15, 0.2) is 71.8 Å². The average Bonchev–Trinajstić information content (AvgIpc) is 2.87. The van der Waals surface area contributed by atoms with E-state index in [1.807, 2.05) is 38.1 Å². The molecule has 28 heavy (non-hydrogen) atoms. The van der Waals surface area contributed by atoms with Crippen molar-refractivity contribution in [3.63, 3.8) is 0 Å². The molecule has 0 fully saturated rings. The Morgan fingerprint density at radius 3 is 2.61 bits per heavy atom. The highest BCUT2D eigenvalue weighted by molar-refractivity contribution is 5.90. The van der Waals surface area contributed by atoms with Crippen LogP contribution in [0.3, 0.4) is 0 Å². The fourth-order valence-corrected chi connectivity index (χ4v) is 3.87. The third-order valence-electron chi connectivity index (χ3n) is 5.47. The van der Waals surface area contributed by atoms with Crippen molar-refractivity contribution < 1.29 is 4.79 Å². The lowest BCUT2D eigenvalue weighted by molar-refractivity contribution is -0.115. The summed E-state index contributed by atoms with van der Waals surface area (Å²) in [7, 11) is 0. The van der Waals surface area contributed by atoms with Gasteiger partial charge in [-0.1, -0.05) is 68.0 Å². The molecule has 0 spiro atoms. The quantitative estimate of drug-likeness (QED) is 0.647. The zero-order chi connectivity index (χ0) is 19.9. The third-order valence-corrected chi connectivity index (χ3v) is 5.47. The highest BCUT2D eigenvalue weighted by Gasteiger charge is 2.17. The van der Waals surface area contributed by atoms with E-state index < -0.39 is 0 Å². The minimum Gasteiger partial charge on any atom is -0.326 e. The molecule has 2 heteroatoms. The van der Waals surface area contributed by atoms with Gasteiger partial charge in [-0.2, -0.15) is 0 Å². The average molecular weight is 374 g/mol. The first-order valence-electron chi connectivity index (χ1n) is 10.4. The van der Waals surface area contributed by atoms with Crippen molar-refractivity contribution in [2.75, 3.05) is 5.32 Å². The molecular formula is C26H31NO. The van der Waals surface area contributed by atoms with E-state index in [1.165, 1.54) is 24.8 Å². The van der Waals surface area contributed by atoms with Crippen molar-refractivity contribution in [3.8, 4) is 0 Å². The van der Waals surface area contributed by atoms with Crippen molar-refractivity contribution in [1.29, 1.82) is 0 Å². The number of benzene rings is 2. The molecule has 146 valence electrons. The molecule has 1 N–H and O–H groups in total. The Morgan fingerprint density at radius 1 is 1.07 bits per heavy atom. The summed E-state index contributed by atoms with van der Waals surface area (Å²) in [4.78, 5) is 11.0. The molecule has 0 heterocycles. The third kappa shape index (κ3) is 5.45. The van der Waals surface area contributed by atoms with Crippen molar-refractivity contribution in [1.82, 2.24) is 0 Å². The molecule has 2 aliphatic carbocycles. The van der Waals surface area contributed by atoms with Gasteiger partial charge in [0, 0.05) is 12.1 Å². The lowest BCUT2D eigenvalue weighted by Gasteiger charge is -2.18. The monoisotopic (exact) mass is 373 g/mol. The Morgan fingerprint density at radius 2 is 1.86 bits per heavy atom. The minimum atomic E-state index is 0.0561. The number of carbonyl (C=O) groups is 1. The summed E-state index contributed by atoms with van der Waals surface area (Å²) >= 11 is 0. The molecule has 1 amide bonds. The molecule has 2 nitrogen and oxygen atoms in total. The standard InChI is InChI=1S/C16H18.C10H13NO/c1-12-6-7-16-11-14-5-3-2-4-13(14)8-9-15(16)10-12;1-3-10(12)11-9-6-4-5-8(2)7-9/h2-7,12H,8-11H2,1H3;4-7H,3H2,1-2H3,(H,11,12). The zero-order valence-corrected chi connectivity index (χ0v) is 17.3. The molecule has 0 radical (unpaired) electrons. The number of hydrogen-bond acceptors (Lipinski definition) is 1. The topological polar surface area (TPSA) is 29.1 Å². The molecule has 0 aliphatic heterocycles. The Hall–Kier alpha value is -2.61. The second-order valence-corrected chi connectivity index (χ2v) is 7.89. The van der Waals surface area contributed by atoms with E-state index in [2.05, 4.69) is 48.7 Å². The SMILES string of the molecule is CC1C=CC2=C(CCc3ccccc3C2)C1.CCC(=O)Nc1cccc(C)c1. The molecule has 0 saturated heterocycles. The molecule has 0 aromatic heterocycles. The summed E-state index contributed by atoms with van der Waals surface area (Å²) in [5.74, 6) is 0.792. The van der Waals surface area contributed by atoms with Crippen molar-refractivity contribution >= 4 is 11.6 Å². The van der Waals surface area contributed by atoms with Crippen molar-refractivity contribution in [3.05, 3.63) is 88.5 Å². The van der Waals surface area contributed by atoms with Gasteiger partial charge in [0.25, 0.3) is 0 Å². The van der Waals surface area contributed by atoms with Crippen LogP contribution in [0.4, 0.5) is 5.69 Å². The Kier molecular flexibility index (Phi) is 6.86. The van der Waals surface area contributed by atoms with Gasteiger partial charge in [0.2, 0.25) is 5.91 Å². The van der Waals surface area contributed by atoms with E-state index in [4.69, 9.17) is 0 Å². The lowest BCUT2D eigenvalue weighted by Crippen LogP contribution is -2.09. The fraction of sp³-hybridized carbons (Fsp3) is 0.346. The smallest absolute Gasteiger partial charge is 0.224 e. The van der Waals surface area contributed by atoms with E-state index >= 15 is 0 Å². The second-order valence-electron chi connectivity index (χ2n) is 7.89. The van der Waals surface area contributed by atoms with Gasteiger partial charge < -0.3 is 5.32 Å². The number of fused-ring (bicyclic) bond motifs is 1. The van der Waals surface area contributed by atoms with Crippen molar-refractivity contribution in [2.45, 2.75) is 52.9 Å². The molecule has 1 atom stereocenters. The van der Waals surface area contributed by atoms with Crippen LogP contribution in [0.5, 0.6) is 0 Å². The maximum Gasteiger partial charge on any atom is 0.224 e. The van der Waals surface area contributed by atoms with Gasteiger partial charge in [-0.3, -0.25) is 4.79 Å². The number of nitrogens with one attached hydrogen (secondary N) is 1. The number of aryl methyl sites for hydroxylation is 2. The summed E-state index contributed by atoms with van der Waals surface area (Å²) < 4.78 is 0. The van der Waals surface area contributed by atoms with Gasteiger partial charge in [-0.05, 0) is 72.9 Å². The summed E-state index contributed by atoms with van der Waals surface area (Å²) in [6, 6.07) is 16.7. The van der Waals surface area contributed by atoms with Gasteiger partial charge in [-0.25, -0.2) is 0 Å². The van der Waals surface area contributed by atoms with Gasteiger partial charge >= 0.3 is 0 Å². The number of carbonyl (C=O) groups excluding carboxylic acids is 1. The number of allylic oxidation sites excluding steroid dienone is 4. The Bertz CT molecular complexity index is 891. The largest absolute Gasteiger partial charge is 0.326 e. The molecule has 0 bridgehead atoms. The predicted molar refractivity (Wildman–Crippen MR) is 119 cm³/mol. The first-order valence-corrected chi connectivity index (χ1v) is 10.4. The van der Waals surface area contributed by atoms with Crippen LogP contribution >= 0.6 is 0 Å². The van der Waals surface area contributed by atoms with E-state index in [0.29, 0.717) is 6.42 Å². The molecule has 2 aromatic rings. The first-order chi connectivity index (χ1) is 13.5. The van der Waals surface area contributed by atoms with E-state index in [0.717, 1.165) is 23.6 Å². The molecule has 1 unspecified atom stereocenters. The summed E-state index contributed by atoms with van der Waals surface area (Å²) in [6.45, 7) is 6.16. The molecule has 0 saturated carbocycles. The van der Waals surface area contributed by atoms with Gasteiger partial charge in [0.05, 0.1) is 0 Å². The lowest BCUT2D eigenvalue weighted by atomic mass is 9.88. The number of hydrogen-bond donors (Lipinski definition) is 1. The van der Waals surface area contributed by atoms with Crippen LogP contribution < -0.4 is 5.32 Å². The molecular weight excluding hydrogens is 342 g/mol. The van der Waals surface area contributed by atoms with E-state index in [-0.39, 0.29) is 5.91 Å². The normalized spacial score (nSPS) is 17.6. The van der Waals surface area contributed by atoms with Gasteiger partial charge in [-0.15, -0.1) is 0 Å². The first kappa shape index (κ1) is 20.1. The van der Waals surface area contributed by atoms with Gasteiger partial charge in [0.15, 0.2) is 0 Å². The number of rotatable bonds is 2. The number of anilines is 1. The Balaban J connectivity index is 0.000000169. The van der Waals surface area contributed by atoms with Crippen LogP contribution in [-0.4, -0.2) is 5.91 Å². The Labute approximate surface area is 169 Å². The second kappa shape index (κ2) is 9.54. The van der Waals surface area contributed by atoms with Gasteiger partial charge in [0.1, 0.15) is 0 Å². The maximum atomic E-state index is 11.0. The highest BCUT2D eigenvalue weighted by Crippen LogP contribution is 2.32. The minimum absolute atomic E-state index is 0.0561. The molecule has 4 rings (SSSR count).